The number of carbonyl (C=O) groups excluding carboxylic acids is 1. The van der Waals surface area contributed by atoms with Gasteiger partial charge in [0.25, 0.3) is 0 Å². The molecule has 1 aromatic heterocycles. The van der Waals surface area contributed by atoms with E-state index in [4.69, 9.17) is 12.2 Å². The zero-order chi connectivity index (χ0) is 31.0. The third-order valence-corrected chi connectivity index (χ3v) is 8.54. The SMILES string of the molecule is CCc1cccc(C)c1N1C(=O)CSC1=NC(=S)NC1CC1c1ccc(-c2ncn(-c3ccc(OC(F)(F)F)cc3)n2)cc1. The van der Waals surface area contributed by atoms with Crippen molar-refractivity contribution in [3.63, 3.8) is 0 Å². The number of amidine groups is 1. The molecule has 1 aliphatic carbocycles. The molecule has 0 spiro atoms. The van der Waals surface area contributed by atoms with E-state index in [1.54, 1.807) is 4.90 Å². The Bertz CT molecular complexity index is 1740. The largest absolute Gasteiger partial charge is 0.573 e. The van der Waals surface area contributed by atoms with Crippen LogP contribution in [0, 0.1) is 6.92 Å². The van der Waals surface area contributed by atoms with E-state index in [2.05, 4.69) is 32.1 Å². The van der Waals surface area contributed by atoms with Gasteiger partial charge >= 0.3 is 6.36 Å². The normalized spacial score (nSPS) is 19.0. The number of aromatic nitrogens is 3. The number of alkyl halides is 3. The zero-order valence-electron chi connectivity index (χ0n) is 23.7. The Morgan fingerprint density at radius 2 is 1.89 bits per heavy atom. The van der Waals surface area contributed by atoms with E-state index >= 15 is 0 Å². The minimum Gasteiger partial charge on any atom is -0.406 e. The van der Waals surface area contributed by atoms with Crippen molar-refractivity contribution >= 4 is 45.9 Å². The molecule has 0 bridgehead atoms. The summed E-state index contributed by atoms with van der Waals surface area (Å²) in [6.45, 7) is 4.07. The topological polar surface area (TPSA) is 84.6 Å². The average Bonchev–Trinajstić information content (AvgIpc) is 3.40. The number of aliphatic imine (C=N–C) groups is 1. The lowest BCUT2D eigenvalue weighted by atomic mass is 10.0. The van der Waals surface area contributed by atoms with Crippen molar-refractivity contribution in [2.75, 3.05) is 10.7 Å². The minimum atomic E-state index is -4.75. The number of nitrogens with zero attached hydrogens (tertiary/aromatic N) is 5. The molecule has 4 aromatic rings. The smallest absolute Gasteiger partial charge is 0.406 e. The first-order valence-electron chi connectivity index (χ1n) is 13.9. The highest BCUT2D eigenvalue weighted by atomic mass is 32.2. The molecule has 1 amide bonds. The maximum atomic E-state index is 12.8. The molecule has 13 heteroatoms. The summed E-state index contributed by atoms with van der Waals surface area (Å²) in [5, 5.41) is 8.75. The van der Waals surface area contributed by atoms with Gasteiger partial charge in [-0.1, -0.05) is 61.2 Å². The average molecular weight is 637 g/mol. The fraction of sp³-hybridized carbons (Fsp3) is 0.258. The summed E-state index contributed by atoms with van der Waals surface area (Å²) in [5.74, 6) is 0.774. The van der Waals surface area contributed by atoms with Crippen LogP contribution in [-0.4, -0.2) is 49.1 Å². The van der Waals surface area contributed by atoms with E-state index in [1.165, 1.54) is 47.0 Å². The molecule has 1 N–H and O–H groups in total. The van der Waals surface area contributed by atoms with E-state index in [0.29, 0.717) is 27.5 Å². The lowest BCUT2D eigenvalue weighted by Crippen LogP contribution is -2.33. The molecular weight excluding hydrogens is 610 g/mol. The highest BCUT2D eigenvalue weighted by molar-refractivity contribution is 8.15. The standard InChI is InChI=1S/C31H27F3N6O2S2/c1-3-19-6-4-5-18(2)27(19)40-26(41)16-44-30(40)37-29(43)36-25-15-24(25)20-7-9-21(10-8-20)28-35-17-39(38-28)22-11-13-23(14-12-22)42-31(32,33)34/h4-14,17,24-25H,3,15-16H2,1-2H3,(H,36,43). The van der Waals surface area contributed by atoms with Gasteiger partial charge < -0.3 is 10.1 Å². The van der Waals surface area contributed by atoms with Crippen molar-refractivity contribution in [1.29, 1.82) is 0 Å². The van der Waals surface area contributed by atoms with Gasteiger partial charge in [0.1, 0.15) is 12.1 Å². The molecule has 6 rings (SSSR count). The van der Waals surface area contributed by atoms with Crippen LogP contribution in [0.1, 0.15) is 36.0 Å². The first-order chi connectivity index (χ1) is 21.1. The number of hydrogen-bond acceptors (Lipinski definition) is 6. The van der Waals surface area contributed by atoms with Gasteiger partial charge in [-0.2, -0.15) is 4.99 Å². The summed E-state index contributed by atoms with van der Waals surface area (Å²) < 4.78 is 42.7. The van der Waals surface area contributed by atoms with Gasteiger partial charge in [0, 0.05) is 17.5 Å². The van der Waals surface area contributed by atoms with Crippen LogP contribution < -0.4 is 15.0 Å². The van der Waals surface area contributed by atoms with Crippen LogP contribution in [0.2, 0.25) is 0 Å². The van der Waals surface area contributed by atoms with Gasteiger partial charge in [0.2, 0.25) is 5.91 Å². The number of rotatable bonds is 7. The molecule has 1 saturated heterocycles. The summed E-state index contributed by atoms with van der Waals surface area (Å²) >= 11 is 6.97. The second kappa shape index (κ2) is 12.0. The Kier molecular flexibility index (Phi) is 8.16. The second-order valence-corrected chi connectivity index (χ2v) is 11.8. The third kappa shape index (κ3) is 6.48. The number of carbonyl (C=O) groups is 1. The van der Waals surface area contributed by atoms with Crippen LogP contribution in [-0.2, 0) is 11.2 Å². The van der Waals surface area contributed by atoms with Gasteiger partial charge in [-0.25, -0.2) is 9.67 Å². The van der Waals surface area contributed by atoms with Crippen molar-refractivity contribution < 1.29 is 22.7 Å². The number of thiocarbonyl (C=S) groups is 1. The number of aryl methyl sites for hydroxylation is 2. The molecule has 44 heavy (non-hydrogen) atoms. The summed E-state index contributed by atoms with van der Waals surface area (Å²) in [6, 6.07) is 19.5. The van der Waals surface area contributed by atoms with Crippen molar-refractivity contribution in [1.82, 2.24) is 20.1 Å². The summed E-state index contributed by atoms with van der Waals surface area (Å²) in [4.78, 5) is 23.5. The summed E-state index contributed by atoms with van der Waals surface area (Å²) in [6.07, 6.45) is -1.53. The Morgan fingerprint density at radius 3 is 2.59 bits per heavy atom. The molecule has 0 radical (unpaired) electrons. The summed E-state index contributed by atoms with van der Waals surface area (Å²) in [7, 11) is 0. The van der Waals surface area contributed by atoms with Gasteiger partial charge in [-0.15, -0.1) is 18.3 Å². The molecule has 2 fully saturated rings. The first-order valence-corrected chi connectivity index (χ1v) is 15.3. The maximum Gasteiger partial charge on any atom is 0.573 e. The summed E-state index contributed by atoms with van der Waals surface area (Å²) in [5.41, 5.74) is 5.50. The van der Waals surface area contributed by atoms with E-state index in [9.17, 15) is 18.0 Å². The third-order valence-electron chi connectivity index (χ3n) is 7.41. The van der Waals surface area contributed by atoms with Gasteiger partial charge in [-0.05, 0) is 72.9 Å². The van der Waals surface area contributed by atoms with E-state index in [-0.39, 0.29) is 23.6 Å². The van der Waals surface area contributed by atoms with Crippen LogP contribution in [0.25, 0.3) is 17.1 Å². The number of ether oxygens (including phenoxy) is 1. The molecule has 2 aliphatic rings. The predicted molar refractivity (Wildman–Crippen MR) is 168 cm³/mol. The minimum absolute atomic E-state index is 0.00213. The fourth-order valence-electron chi connectivity index (χ4n) is 5.19. The van der Waals surface area contributed by atoms with E-state index < -0.39 is 6.36 Å². The van der Waals surface area contributed by atoms with Crippen LogP contribution in [0.4, 0.5) is 18.9 Å². The number of amides is 1. The maximum absolute atomic E-state index is 12.8. The molecule has 3 aromatic carbocycles. The van der Waals surface area contributed by atoms with Crippen molar-refractivity contribution in [3.05, 3.63) is 89.7 Å². The molecule has 2 heterocycles. The molecular formula is C31H27F3N6O2S2. The predicted octanol–water partition coefficient (Wildman–Crippen LogP) is 6.57. The van der Waals surface area contributed by atoms with E-state index in [0.717, 1.165) is 40.8 Å². The van der Waals surface area contributed by atoms with E-state index in [1.807, 2.05) is 49.4 Å². The van der Waals surface area contributed by atoms with Gasteiger partial charge in [0.05, 0.1) is 17.1 Å². The highest BCUT2D eigenvalue weighted by Crippen LogP contribution is 2.41. The molecule has 1 aliphatic heterocycles. The molecule has 8 nitrogen and oxygen atoms in total. The number of hydrogen-bond donors (Lipinski definition) is 1. The number of nitrogens with one attached hydrogen (secondary N) is 1. The van der Waals surface area contributed by atoms with Gasteiger partial charge in [0.15, 0.2) is 16.1 Å². The fourth-order valence-corrected chi connectivity index (χ4v) is 6.35. The number of halogens is 3. The quantitative estimate of drug-likeness (QED) is 0.230. The molecule has 2 unspecified atom stereocenters. The lowest BCUT2D eigenvalue weighted by molar-refractivity contribution is -0.274. The second-order valence-electron chi connectivity index (χ2n) is 10.4. The Labute approximate surface area is 261 Å². The number of para-hydroxylation sites is 1. The Balaban J connectivity index is 1.08. The number of benzene rings is 3. The van der Waals surface area contributed by atoms with Crippen LogP contribution >= 0.6 is 24.0 Å². The van der Waals surface area contributed by atoms with Crippen molar-refractivity contribution in [2.24, 2.45) is 4.99 Å². The number of thioether (sulfide) groups is 1. The van der Waals surface area contributed by atoms with Crippen molar-refractivity contribution in [2.45, 2.75) is 45.0 Å². The molecule has 226 valence electrons. The van der Waals surface area contributed by atoms with Crippen molar-refractivity contribution in [3.8, 4) is 22.8 Å². The van der Waals surface area contributed by atoms with Crippen LogP contribution in [0.5, 0.6) is 5.75 Å². The highest BCUT2D eigenvalue weighted by Gasteiger charge is 2.39. The van der Waals surface area contributed by atoms with Gasteiger partial charge in [-0.3, -0.25) is 9.69 Å². The first kappa shape index (κ1) is 29.8. The molecule has 2 atom stereocenters. The Hall–Kier alpha value is -4.23. The lowest BCUT2D eigenvalue weighted by Gasteiger charge is -2.22. The molecule has 1 saturated carbocycles. The number of anilines is 1. The van der Waals surface area contributed by atoms with Crippen LogP contribution in [0.3, 0.4) is 0 Å². The Morgan fingerprint density at radius 1 is 1.14 bits per heavy atom. The van der Waals surface area contributed by atoms with Crippen LogP contribution in [0.15, 0.2) is 78.0 Å². The zero-order valence-corrected chi connectivity index (χ0v) is 25.3. The monoisotopic (exact) mass is 636 g/mol.